The van der Waals surface area contributed by atoms with Gasteiger partial charge in [0.1, 0.15) is 0 Å². The number of rotatable bonds is 2. The Labute approximate surface area is 111 Å². The fourth-order valence-corrected chi connectivity index (χ4v) is 2.51. The molecule has 0 saturated carbocycles. The van der Waals surface area contributed by atoms with Crippen LogP contribution in [0.4, 0.5) is 0 Å². The molecule has 0 bridgehead atoms. The number of para-hydroxylation sites is 2. The number of hydrogen-bond acceptors (Lipinski definition) is 2. The van der Waals surface area contributed by atoms with E-state index in [1.165, 1.54) is 0 Å². The zero-order valence-corrected chi connectivity index (χ0v) is 11.4. The first-order chi connectivity index (χ1) is 9.13. The van der Waals surface area contributed by atoms with Crippen LogP contribution in [0.1, 0.15) is 37.4 Å². The van der Waals surface area contributed by atoms with Gasteiger partial charge in [0.25, 0.3) is 5.56 Å². The molecule has 0 spiro atoms. The maximum Gasteiger partial charge on any atom is 0.262 e. The highest BCUT2D eigenvalue weighted by atomic mass is 16.1. The van der Waals surface area contributed by atoms with Gasteiger partial charge >= 0.3 is 0 Å². The van der Waals surface area contributed by atoms with Gasteiger partial charge in [0.05, 0.1) is 11.0 Å². The van der Waals surface area contributed by atoms with Crippen LogP contribution in [0, 0.1) is 6.92 Å². The summed E-state index contributed by atoms with van der Waals surface area (Å²) in [6, 6.07) is 7.70. The minimum absolute atomic E-state index is 0.0257. The molecule has 0 fully saturated rings. The molecule has 2 heterocycles. The average molecular weight is 255 g/mol. The van der Waals surface area contributed by atoms with Gasteiger partial charge < -0.3 is 4.98 Å². The Morgan fingerprint density at radius 3 is 2.84 bits per heavy atom. The summed E-state index contributed by atoms with van der Waals surface area (Å²) in [4.78, 5) is 20.4. The van der Waals surface area contributed by atoms with E-state index in [1.54, 1.807) is 4.40 Å². The van der Waals surface area contributed by atoms with Gasteiger partial charge in [0.2, 0.25) is 5.78 Å². The molecule has 1 unspecified atom stereocenters. The van der Waals surface area contributed by atoms with Crippen molar-refractivity contribution >= 4 is 16.8 Å². The first-order valence-electron chi connectivity index (χ1n) is 6.63. The lowest BCUT2D eigenvalue weighted by atomic mass is 10.0. The second-order valence-corrected chi connectivity index (χ2v) is 5.04. The number of imidazole rings is 1. The summed E-state index contributed by atoms with van der Waals surface area (Å²) in [6.45, 7) is 6.13. The van der Waals surface area contributed by atoms with Gasteiger partial charge in [-0.25, -0.2) is 9.38 Å². The quantitative estimate of drug-likeness (QED) is 0.765. The van der Waals surface area contributed by atoms with Crippen LogP contribution in [0.5, 0.6) is 0 Å². The van der Waals surface area contributed by atoms with E-state index < -0.39 is 0 Å². The van der Waals surface area contributed by atoms with Crippen LogP contribution in [0.25, 0.3) is 16.8 Å². The van der Waals surface area contributed by atoms with E-state index >= 15 is 0 Å². The van der Waals surface area contributed by atoms with Crippen LogP contribution in [-0.2, 0) is 0 Å². The molecule has 4 nitrogen and oxygen atoms in total. The van der Waals surface area contributed by atoms with Crippen LogP contribution in [0.2, 0.25) is 0 Å². The molecule has 4 heteroatoms. The lowest BCUT2D eigenvalue weighted by Gasteiger charge is -2.12. The molecule has 1 atom stereocenters. The molecule has 1 N–H and O–H groups in total. The number of aromatic amines is 1. The smallest absolute Gasteiger partial charge is 0.262 e. The van der Waals surface area contributed by atoms with Gasteiger partial charge in [-0.2, -0.15) is 0 Å². The third kappa shape index (κ3) is 1.67. The molecular weight excluding hydrogens is 238 g/mol. The van der Waals surface area contributed by atoms with Crippen molar-refractivity contribution in [3.8, 4) is 0 Å². The van der Waals surface area contributed by atoms with Gasteiger partial charge in [0.15, 0.2) is 0 Å². The highest BCUT2D eigenvalue weighted by Gasteiger charge is 2.15. The first kappa shape index (κ1) is 12.0. The summed E-state index contributed by atoms with van der Waals surface area (Å²) in [6.07, 6.45) is 0.993. The molecule has 0 saturated heterocycles. The molecule has 98 valence electrons. The van der Waals surface area contributed by atoms with Crippen LogP contribution >= 0.6 is 0 Å². The molecule has 2 aromatic heterocycles. The monoisotopic (exact) mass is 255 g/mol. The van der Waals surface area contributed by atoms with Crippen LogP contribution in [0.3, 0.4) is 0 Å². The molecule has 0 aliphatic carbocycles. The second-order valence-electron chi connectivity index (χ2n) is 5.04. The van der Waals surface area contributed by atoms with E-state index in [0.29, 0.717) is 11.7 Å². The number of H-pyrrole nitrogens is 1. The number of hydrogen-bond donors (Lipinski definition) is 1. The SMILES string of the molecule is CCC(C)c1[nH]c2nc3ccccc3n2c(=O)c1C. The second kappa shape index (κ2) is 4.23. The van der Waals surface area contributed by atoms with Gasteiger partial charge in [-0.15, -0.1) is 0 Å². The zero-order valence-electron chi connectivity index (χ0n) is 11.4. The average Bonchev–Trinajstić information content (AvgIpc) is 2.80. The molecule has 3 aromatic rings. The summed E-state index contributed by atoms with van der Waals surface area (Å²) >= 11 is 0. The Bertz CT molecular complexity index is 813. The van der Waals surface area contributed by atoms with Crippen LogP contribution < -0.4 is 5.56 Å². The van der Waals surface area contributed by atoms with Crippen molar-refractivity contribution in [2.24, 2.45) is 0 Å². The van der Waals surface area contributed by atoms with Gasteiger partial charge in [0, 0.05) is 11.3 Å². The fourth-order valence-electron chi connectivity index (χ4n) is 2.51. The Kier molecular flexibility index (Phi) is 2.66. The van der Waals surface area contributed by atoms with E-state index in [1.807, 2.05) is 31.2 Å². The predicted octanol–water partition coefficient (Wildman–Crippen LogP) is 3.00. The van der Waals surface area contributed by atoms with E-state index in [0.717, 1.165) is 28.7 Å². The van der Waals surface area contributed by atoms with Crippen molar-refractivity contribution in [2.45, 2.75) is 33.1 Å². The third-order valence-corrected chi connectivity index (χ3v) is 3.84. The summed E-state index contributed by atoms with van der Waals surface area (Å²) in [5.74, 6) is 0.963. The lowest BCUT2D eigenvalue weighted by Crippen LogP contribution is -2.20. The van der Waals surface area contributed by atoms with Crippen molar-refractivity contribution in [2.75, 3.05) is 0 Å². The molecule has 0 aliphatic heterocycles. The molecule has 1 aromatic carbocycles. The molecule has 3 rings (SSSR count). The summed E-state index contributed by atoms with van der Waals surface area (Å²) in [5.41, 5.74) is 3.51. The minimum Gasteiger partial charge on any atom is -0.328 e. The lowest BCUT2D eigenvalue weighted by molar-refractivity contribution is 0.697. The van der Waals surface area contributed by atoms with Crippen molar-refractivity contribution in [1.29, 1.82) is 0 Å². The van der Waals surface area contributed by atoms with Gasteiger partial charge in [-0.1, -0.05) is 26.0 Å². The normalized spacial score (nSPS) is 13.2. The zero-order chi connectivity index (χ0) is 13.6. The summed E-state index contributed by atoms with van der Waals surface area (Å²) in [7, 11) is 0. The van der Waals surface area contributed by atoms with Crippen molar-refractivity contribution in [3.05, 3.63) is 45.9 Å². The van der Waals surface area contributed by atoms with Crippen molar-refractivity contribution < 1.29 is 0 Å². The van der Waals surface area contributed by atoms with Gasteiger partial charge in [-0.05, 0) is 31.4 Å². The van der Waals surface area contributed by atoms with E-state index in [-0.39, 0.29) is 5.56 Å². The molecular formula is C15H17N3O. The number of aromatic nitrogens is 3. The molecule has 0 aliphatic rings. The topological polar surface area (TPSA) is 50.2 Å². The van der Waals surface area contributed by atoms with E-state index in [4.69, 9.17) is 0 Å². The maximum atomic E-state index is 12.5. The highest BCUT2D eigenvalue weighted by Crippen LogP contribution is 2.20. The Hall–Kier alpha value is -2.10. The summed E-state index contributed by atoms with van der Waals surface area (Å²) in [5, 5.41) is 0. The standard InChI is InChI=1S/C15H17N3O/c1-4-9(2)13-10(3)14(19)18-12-8-6-5-7-11(12)16-15(18)17-13/h5-9H,4H2,1-3H3,(H,16,17). The number of nitrogens with one attached hydrogen (secondary N) is 1. The number of nitrogens with zero attached hydrogens (tertiary/aromatic N) is 2. The number of fused-ring (bicyclic) bond motifs is 3. The van der Waals surface area contributed by atoms with Crippen molar-refractivity contribution in [3.63, 3.8) is 0 Å². The Morgan fingerprint density at radius 2 is 2.11 bits per heavy atom. The molecule has 0 amide bonds. The fraction of sp³-hybridized carbons (Fsp3) is 0.333. The van der Waals surface area contributed by atoms with Crippen LogP contribution in [-0.4, -0.2) is 14.4 Å². The number of benzene rings is 1. The van der Waals surface area contributed by atoms with Gasteiger partial charge in [-0.3, -0.25) is 4.79 Å². The summed E-state index contributed by atoms with van der Waals surface area (Å²) < 4.78 is 1.66. The third-order valence-electron chi connectivity index (χ3n) is 3.84. The minimum atomic E-state index is 0.0257. The maximum absolute atomic E-state index is 12.5. The Balaban J connectivity index is 2.46. The molecule has 19 heavy (non-hydrogen) atoms. The van der Waals surface area contributed by atoms with E-state index in [2.05, 4.69) is 23.8 Å². The molecule has 0 radical (unpaired) electrons. The first-order valence-corrected chi connectivity index (χ1v) is 6.63. The van der Waals surface area contributed by atoms with Crippen LogP contribution in [0.15, 0.2) is 29.1 Å². The largest absolute Gasteiger partial charge is 0.328 e. The highest BCUT2D eigenvalue weighted by molar-refractivity contribution is 5.79. The predicted molar refractivity (Wildman–Crippen MR) is 76.8 cm³/mol. The van der Waals surface area contributed by atoms with E-state index in [9.17, 15) is 4.79 Å². The Morgan fingerprint density at radius 1 is 1.37 bits per heavy atom. The van der Waals surface area contributed by atoms with Crippen molar-refractivity contribution in [1.82, 2.24) is 14.4 Å².